The summed E-state index contributed by atoms with van der Waals surface area (Å²) in [5, 5.41) is 7.67. The van der Waals surface area contributed by atoms with E-state index in [9.17, 15) is 4.79 Å². The number of H-pyrrole nitrogens is 1. The minimum absolute atomic E-state index is 0.0297. The lowest BCUT2D eigenvalue weighted by molar-refractivity contribution is 0.0316. The van der Waals surface area contributed by atoms with Gasteiger partial charge < -0.3 is 9.64 Å². The molecule has 1 aromatic heterocycles. The number of carbonyl (C=O) groups excluding carboxylic acids is 1. The molecule has 1 unspecified atom stereocenters. The molecular formula is C27H32N4O2. The Morgan fingerprint density at radius 2 is 1.73 bits per heavy atom. The topological polar surface area (TPSA) is 61.5 Å². The number of morpholine rings is 1. The molecule has 1 saturated heterocycles. The molecule has 2 aliphatic heterocycles. The van der Waals surface area contributed by atoms with Crippen molar-refractivity contribution in [2.75, 3.05) is 39.4 Å². The van der Waals surface area contributed by atoms with Gasteiger partial charge in [0.2, 0.25) is 0 Å². The van der Waals surface area contributed by atoms with Gasteiger partial charge in [-0.2, -0.15) is 5.10 Å². The van der Waals surface area contributed by atoms with Crippen molar-refractivity contribution in [3.8, 4) is 11.3 Å². The van der Waals surface area contributed by atoms with Gasteiger partial charge in [-0.15, -0.1) is 0 Å². The first-order valence-electron chi connectivity index (χ1n) is 11.9. The second-order valence-corrected chi connectivity index (χ2v) is 9.40. The molecule has 1 fully saturated rings. The molecule has 0 radical (unpaired) electrons. The Balaban J connectivity index is 1.52. The molecule has 1 amide bonds. The molecule has 33 heavy (non-hydrogen) atoms. The van der Waals surface area contributed by atoms with E-state index in [0.29, 0.717) is 18.2 Å². The summed E-state index contributed by atoms with van der Waals surface area (Å²) in [6.45, 7) is 11.3. The number of carbonyl (C=O) groups is 1. The van der Waals surface area contributed by atoms with Gasteiger partial charge in [-0.25, -0.2) is 0 Å². The molecule has 172 valence electrons. The third-order valence-electron chi connectivity index (χ3n) is 6.87. The maximum absolute atomic E-state index is 13.5. The first-order chi connectivity index (χ1) is 16.0. The van der Waals surface area contributed by atoms with Gasteiger partial charge in [-0.1, -0.05) is 67.9 Å². The smallest absolute Gasteiger partial charge is 0.273 e. The number of benzene rings is 2. The van der Waals surface area contributed by atoms with E-state index in [1.54, 1.807) is 0 Å². The Kier molecular flexibility index (Phi) is 6.04. The van der Waals surface area contributed by atoms with Gasteiger partial charge in [0.05, 0.1) is 24.9 Å². The van der Waals surface area contributed by atoms with Crippen LogP contribution in [0.4, 0.5) is 0 Å². The average Bonchev–Trinajstić information content (AvgIpc) is 3.38. The van der Waals surface area contributed by atoms with Crippen LogP contribution >= 0.6 is 0 Å². The minimum Gasteiger partial charge on any atom is -0.379 e. The molecule has 5 rings (SSSR count). The molecule has 2 aromatic carbocycles. The lowest BCUT2D eigenvalue weighted by Crippen LogP contribution is -2.42. The molecule has 0 bridgehead atoms. The van der Waals surface area contributed by atoms with Crippen LogP contribution in [0.25, 0.3) is 11.3 Å². The predicted octanol–water partition coefficient (Wildman–Crippen LogP) is 4.39. The minimum atomic E-state index is -0.148. The predicted molar refractivity (Wildman–Crippen MR) is 129 cm³/mol. The van der Waals surface area contributed by atoms with Crippen LogP contribution in [0.15, 0.2) is 48.5 Å². The summed E-state index contributed by atoms with van der Waals surface area (Å²) < 4.78 is 5.49. The van der Waals surface area contributed by atoms with Gasteiger partial charge in [0.15, 0.2) is 0 Å². The SMILES string of the molecule is Cc1ccc(-c2n[nH]c3c2C(c2ccc(C(C)C)cc2)N(CCN2CCOCC2)C3=O)cc1. The van der Waals surface area contributed by atoms with E-state index in [2.05, 4.69) is 84.4 Å². The Bertz CT molecular complexity index is 1110. The fraction of sp³-hybridized carbons (Fsp3) is 0.407. The second kappa shape index (κ2) is 9.12. The zero-order chi connectivity index (χ0) is 22.9. The third-order valence-corrected chi connectivity index (χ3v) is 6.87. The highest BCUT2D eigenvalue weighted by Crippen LogP contribution is 2.42. The zero-order valence-corrected chi connectivity index (χ0v) is 19.7. The second-order valence-electron chi connectivity index (χ2n) is 9.40. The van der Waals surface area contributed by atoms with E-state index in [4.69, 9.17) is 4.74 Å². The van der Waals surface area contributed by atoms with E-state index in [-0.39, 0.29) is 11.9 Å². The summed E-state index contributed by atoms with van der Waals surface area (Å²) >= 11 is 0. The van der Waals surface area contributed by atoms with Crippen LogP contribution in [0.2, 0.25) is 0 Å². The maximum atomic E-state index is 13.5. The number of rotatable bonds is 6. The van der Waals surface area contributed by atoms with E-state index in [0.717, 1.165) is 55.2 Å². The molecule has 2 aliphatic rings. The number of nitrogens with zero attached hydrogens (tertiary/aromatic N) is 3. The van der Waals surface area contributed by atoms with E-state index in [1.165, 1.54) is 11.1 Å². The average molecular weight is 445 g/mol. The molecule has 0 saturated carbocycles. The van der Waals surface area contributed by atoms with Crippen molar-refractivity contribution >= 4 is 5.91 Å². The number of nitrogens with one attached hydrogen (secondary N) is 1. The Morgan fingerprint density at radius 3 is 2.39 bits per heavy atom. The maximum Gasteiger partial charge on any atom is 0.273 e. The summed E-state index contributed by atoms with van der Waals surface area (Å²) in [5.74, 6) is 0.497. The third kappa shape index (κ3) is 4.21. The fourth-order valence-corrected chi connectivity index (χ4v) is 4.84. The number of aryl methyl sites for hydroxylation is 1. The van der Waals surface area contributed by atoms with Gasteiger partial charge in [-0.3, -0.25) is 14.8 Å². The summed E-state index contributed by atoms with van der Waals surface area (Å²) in [6.07, 6.45) is 0. The standard InChI is InChI=1S/C27H32N4O2/c1-18(2)20-8-10-22(11-9-20)26-23-24(21-6-4-19(3)5-7-21)28-29-25(23)27(32)31(26)13-12-30-14-16-33-17-15-30/h4-11,18,26H,12-17H2,1-3H3,(H,28,29). The van der Waals surface area contributed by atoms with Crippen LogP contribution in [0.3, 0.4) is 0 Å². The summed E-state index contributed by atoms with van der Waals surface area (Å²) in [7, 11) is 0. The first kappa shape index (κ1) is 21.9. The lowest BCUT2D eigenvalue weighted by Gasteiger charge is -2.31. The van der Waals surface area contributed by atoms with Crippen molar-refractivity contribution in [2.24, 2.45) is 0 Å². The van der Waals surface area contributed by atoms with Crippen LogP contribution in [0.5, 0.6) is 0 Å². The molecule has 1 atom stereocenters. The van der Waals surface area contributed by atoms with Gasteiger partial charge in [0, 0.05) is 37.3 Å². The largest absolute Gasteiger partial charge is 0.379 e. The van der Waals surface area contributed by atoms with Gasteiger partial charge >= 0.3 is 0 Å². The van der Waals surface area contributed by atoms with Gasteiger partial charge in [-0.05, 0) is 24.0 Å². The van der Waals surface area contributed by atoms with Crippen molar-refractivity contribution in [3.63, 3.8) is 0 Å². The van der Waals surface area contributed by atoms with Crippen LogP contribution < -0.4 is 0 Å². The molecular weight excluding hydrogens is 412 g/mol. The molecule has 3 aromatic rings. The molecule has 0 aliphatic carbocycles. The quantitative estimate of drug-likeness (QED) is 0.613. The summed E-state index contributed by atoms with van der Waals surface area (Å²) in [6, 6.07) is 16.9. The molecule has 1 N–H and O–H groups in total. The normalized spacial score (nSPS) is 18.8. The molecule has 6 nitrogen and oxygen atoms in total. The molecule has 6 heteroatoms. The fourth-order valence-electron chi connectivity index (χ4n) is 4.84. The Hall–Kier alpha value is -2.96. The van der Waals surface area contributed by atoms with E-state index >= 15 is 0 Å². The van der Waals surface area contributed by atoms with E-state index < -0.39 is 0 Å². The van der Waals surface area contributed by atoms with Gasteiger partial charge in [0.25, 0.3) is 5.91 Å². The van der Waals surface area contributed by atoms with Crippen molar-refractivity contribution in [3.05, 3.63) is 76.5 Å². The highest BCUT2D eigenvalue weighted by atomic mass is 16.5. The molecule has 0 spiro atoms. The summed E-state index contributed by atoms with van der Waals surface area (Å²) in [5.41, 5.74) is 7.14. The van der Waals surface area contributed by atoms with Crippen molar-refractivity contribution < 1.29 is 9.53 Å². The number of aromatic amines is 1. The van der Waals surface area contributed by atoms with Crippen LogP contribution in [0.1, 0.15) is 58.5 Å². The Labute approximate surface area is 195 Å². The lowest BCUT2D eigenvalue weighted by atomic mass is 9.93. The zero-order valence-electron chi connectivity index (χ0n) is 19.7. The number of aromatic nitrogens is 2. The molecule has 3 heterocycles. The number of fused-ring (bicyclic) bond motifs is 1. The van der Waals surface area contributed by atoms with Crippen LogP contribution in [0, 0.1) is 6.92 Å². The highest BCUT2D eigenvalue weighted by molar-refractivity contribution is 6.00. The number of hydrogen-bond donors (Lipinski definition) is 1. The van der Waals surface area contributed by atoms with Crippen LogP contribution in [-0.4, -0.2) is 65.3 Å². The number of ether oxygens (including phenoxy) is 1. The van der Waals surface area contributed by atoms with Crippen molar-refractivity contribution in [2.45, 2.75) is 32.7 Å². The van der Waals surface area contributed by atoms with Crippen LogP contribution in [-0.2, 0) is 4.74 Å². The van der Waals surface area contributed by atoms with Crippen molar-refractivity contribution in [1.29, 1.82) is 0 Å². The number of hydrogen-bond acceptors (Lipinski definition) is 4. The number of amides is 1. The first-order valence-corrected chi connectivity index (χ1v) is 11.9. The van der Waals surface area contributed by atoms with Crippen molar-refractivity contribution in [1.82, 2.24) is 20.0 Å². The monoisotopic (exact) mass is 444 g/mol. The van der Waals surface area contributed by atoms with E-state index in [1.807, 2.05) is 4.90 Å². The Morgan fingerprint density at radius 1 is 1.03 bits per heavy atom. The highest BCUT2D eigenvalue weighted by Gasteiger charge is 2.42. The van der Waals surface area contributed by atoms with Gasteiger partial charge in [0.1, 0.15) is 5.69 Å². The summed E-state index contributed by atoms with van der Waals surface area (Å²) in [4.78, 5) is 17.9.